The highest BCUT2D eigenvalue weighted by molar-refractivity contribution is 5.75. The summed E-state index contributed by atoms with van der Waals surface area (Å²) in [6.07, 6.45) is 1.14. The van der Waals surface area contributed by atoms with Gasteiger partial charge in [-0.15, -0.1) is 0 Å². The third-order valence-electron chi connectivity index (χ3n) is 4.32. The Morgan fingerprint density at radius 3 is 2.29 bits per heavy atom. The number of hydrogen-bond donors (Lipinski definition) is 1. The van der Waals surface area contributed by atoms with Gasteiger partial charge in [-0.1, -0.05) is 32.9 Å². The maximum atomic E-state index is 11.8. The second kappa shape index (κ2) is 9.04. The lowest BCUT2D eigenvalue weighted by Crippen LogP contribution is -2.49. The van der Waals surface area contributed by atoms with Gasteiger partial charge in [0.05, 0.1) is 6.61 Å². The van der Waals surface area contributed by atoms with Crippen LogP contribution in [0.1, 0.15) is 38.8 Å². The van der Waals surface area contributed by atoms with Crippen molar-refractivity contribution in [3.8, 4) is 5.75 Å². The zero-order chi connectivity index (χ0) is 17.5. The van der Waals surface area contributed by atoms with Crippen LogP contribution < -0.4 is 4.74 Å². The number of carboxylic acids is 1. The van der Waals surface area contributed by atoms with Gasteiger partial charge < -0.3 is 14.7 Å². The van der Waals surface area contributed by atoms with E-state index in [2.05, 4.69) is 30.6 Å². The number of aliphatic carboxylic acids is 1. The summed E-state index contributed by atoms with van der Waals surface area (Å²) in [5.74, 6) is 0.481. The van der Waals surface area contributed by atoms with Crippen molar-refractivity contribution in [3.05, 3.63) is 29.8 Å². The van der Waals surface area contributed by atoms with Gasteiger partial charge in [-0.2, -0.15) is 0 Å². The molecular formula is C19H30N2O3. The molecule has 0 aromatic heterocycles. The normalized spacial score (nSPS) is 17.8. The van der Waals surface area contributed by atoms with E-state index in [0.29, 0.717) is 12.5 Å². The topological polar surface area (TPSA) is 53.0 Å². The first-order valence-electron chi connectivity index (χ1n) is 8.93. The smallest absolute Gasteiger partial charge is 0.325 e. The fraction of sp³-hybridized carbons (Fsp3) is 0.632. The maximum Gasteiger partial charge on any atom is 0.325 e. The van der Waals surface area contributed by atoms with Crippen molar-refractivity contribution < 1.29 is 14.6 Å². The summed E-state index contributed by atoms with van der Waals surface area (Å²) in [7, 11) is 0. The Labute approximate surface area is 145 Å². The SMILES string of the molecule is CCCN1CCN(C(C(=O)O)c2ccc(OCC(C)C)cc2)CC1. The predicted octanol–water partition coefficient (Wildman–Crippen LogP) is 2.87. The fourth-order valence-electron chi connectivity index (χ4n) is 3.08. The van der Waals surface area contributed by atoms with E-state index < -0.39 is 12.0 Å². The zero-order valence-electron chi connectivity index (χ0n) is 15.1. The first-order valence-corrected chi connectivity index (χ1v) is 8.93. The van der Waals surface area contributed by atoms with Crippen LogP contribution in [-0.2, 0) is 4.79 Å². The summed E-state index contributed by atoms with van der Waals surface area (Å²) in [6, 6.07) is 6.94. The van der Waals surface area contributed by atoms with E-state index in [4.69, 9.17) is 4.74 Å². The molecule has 1 aromatic carbocycles. The molecule has 1 heterocycles. The van der Waals surface area contributed by atoms with Crippen LogP contribution in [0.4, 0.5) is 0 Å². The van der Waals surface area contributed by atoms with Crippen molar-refractivity contribution in [1.29, 1.82) is 0 Å². The first-order chi connectivity index (χ1) is 11.5. The fourth-order valence-corrected chi connectivity index (χ4v) is 3.08. The number of hydrogen-bond acceptors (Lipinski definition) is 4. The molecule has 1 aromatic rings. The van der Waals surface area contributed by atoms with Gasteiger partial charge in [0, 0.05) is 26.2 Å². The summed E-state index contributed by atoms with van der Waals surface area (Å²) in [6.45, 7) is 11.6. The van der Waals surface area contributed by atoms with E-state index >= 15 is 0 Å². The maximum absolute atomic E-state index is 11.8. The van der Waals surface area contributed by atoms with Crippen molar-refractivity contribution in [3.63, 3.8) is 0 Å². The number of carbonyl (C=O) groups is 1. The second-order valence-electron chi connectivity index (χ2n) is 6.89. The van der Waals surface area contributed by atoms with E-state index in [9.17, 15) is 9.90 Å². The molecule has 1 atom stereocenters. The summed E-state index contributed by atoms with van der Waals surface area (Å²) < 4.78 is 5.68. The van der Waals surface area contributed by atoms with Crippen molar-refractivity contribution in [2.45, 2.75) is 33.2 Å². The first kappa shape index (κ1) is 18.7. The molecule has 0 saturated carbocycles. The van der Waals surface area contributed by atoms with Crippen LogP contribution in [0.3, 0.4) is 0 Å². The summed E-state index contributed by atoms with van der Waals surface area (Å²) >= 11 is 0. The van der Waals surface area contributed by atoms with Crippen molar-refractivity contribution >= 4 is 5.97 Å². The minimum Gasteiger partial charge on any atom is -0.493 e. The number of rotatable bonds is 8. The largest absolute Gasteiger partial charge is 0.493 e. The summed E-state index contributed by atoms with van der Waals surface area (Å²) in [5, 5.41) is 9.71. The third-order valence-corrected chi connectivity index (χ3v) is 4.32. The quantitative estimate of drug-likeness (QED) is 0.792. The molecule has 0 aliphatic carbocycles. The van der Waals surface area contributed by atoms with E-state index in [0.717, 1.165) is 50.5 Å². The van der Waals surface area contributed by atoms with Gasteiger partial charge in [0.2, 0.25) is 0 Å². The Bertz CT molecular complexity index is 508. The molecule has 5 nitrogen and oxygen atoms in total. The number of nitrogens with zero attached hydrogens (tertiary/aromatic N) is 2. The lowest BCUT2D eigenvalue weighted by atomic mass is 10.0. The van der Waals surface area contributed by atoms with Crippen molar-refractivity contribution in [2.24, 2.45) is 5.92 Å². The van der Waals surface area contributed by atoms with Gasteiger partial charge in [0.25, 0.3) is 0 Å². The molecule has 0 radical (unpaired) electrons. The van der Waals surface area contributed by atoms with Crippen LogP contribution in [-0.4, -0.2) is 60.2 Å². The molecule has 1 fully saturated rings. The van der Waals surface area contributed by atoms with Crippen LogP contribution in [0.5, 0.6) is 5.75 Å². The van der Waals surface area contributed by atoms with Crippen LogP contribution in [0.15, 0.2) is 24.3 Å². The zero-order valence-corrected chi connectivity index (χ0v) is 15.1. The Balaban J connectivity index is 2.01. The number of piperazine rings is 1. The predicted molar refractivity (Wildman–Crippen MR) is 95.5 cm³/mol. The Kier molecular flexibility index (Phi) is 7.06. The molecule has 134 valence electrons. The highest BCUT2D eigenvalue weighted by Gasteiger charge is 2.30. The standard InChI is InChI=1S/C19H30N2O3/c1-4-9-20-10-12-21(13-11-20)18(19(22)23)16-5-7-17(8-6-16)24-14-15(2)3/h5-8,15,18H,4,9-14H2,1-3H3,(H,22,23). The van der Waals surface area contributed by atoms with Crippen LogP contribution in [0.25, 0.3) is 0 Å². The minimum absolute atomic E-state index is 0.468. The molecule has 1 N–H and O–H groups in total. The van der Waals surface area contributed by atoms with Crippen molar-refractivity contribution in [2.75, 3.05) is 39.3 Å². The van der Waals surface area contributed by atoms with Gasteiger partial charge in [-0.25, -0.2) is 0 Å². The molecule has 1 saturated heterocycles. The van der Waals surface area contributed by atoms with E-state index in [1.54, 1.807) is 0 Å². The van der Waals surface area contributed by atoms with Crippen LogP contribution >= 0.6 is 0 Å². The Morgan fingerprint density at radius 2 is 1.79 bits per heavy atom. The van der Waals surface area contributed by atoms with Gasteiger partial charge in [-0.05, 0) is 36.6 Å². The average Bonchev–Trinajstić information content (AvgIpc) is 2.56. The molecule has 0 spiro atoms. The highest BCUT2D eigenvalue weighted by Crippen LogP contribution is 2.25. The number of ether oxygens (including phenoxy) is 1. The lowest BCUT2D eigenvalue weighted by Gasteiger charge is -2.37. The van der Waals surface area contributed by atoms with Gasteiger partial charge in [0.1, 0.15) is 11.8 Å². The summed E-state index contributed by atoms with van der Waals surface area (Å²) in [5.41, 5.74) is 0.823. The van der Waals surface area contributed by atoms with Gasteiger partial charge in [-0.3, -0.25) is 9.69 Å². The van der Waals surface area contributed by atoms with Crippen LogP contribution in [0.2, 0.25) is 0 Å². The van der Waals surface area contributed by atoms with Gasteiger partial charge in [0.15, 0.2) is 0 Å². The second-order valence-corrected chi connectivity index (χ2v) is 6.89. The lowest BCUT2D eigenvalue weighted by molar-refractivity contribution is -0.144. The van der Waals surface area contributed by atoms with E-state index in [1.807, 2.05) is 24.3 Å². The molecular weight excluding hydrogens is 304 g/mol. The molecule has 1 aliphatic rings. The minimum atomic E-state index is -0.783. The number of carboxylic acid groups (broad SMARTS) is 1. The van der Waals surface area contributed by atoms with E-state index in [-0.39, 0.29) is 0 Å². The Hall–Kier alpha value is -1.59. The number of benzene rings is 1. The molecule has 1 aliphatic heterocycles. The molecule has 5 heteroatoms. The Morgan fingerprint density at radius 1 is 1.17 bits per heavy atom. The summed E-state index contributed by atoms with van der Waals surface area (Å²) in [4.78, 5) is 16.3. The monoisotopic (exact) mass is 334 g/mol. The third kappa shape index (κ3) is 5.21. The molecule has 2 rings (SSSR count). The average molecular weight is 334 g/mol. The van der Waals surface area contributed by atoms with Crippen LogP contribution in [0, 0.1) is 5.92 Å². The van der Waals surface area contributed by atoms with Crippen molar-refractivity contribution in [1.82, 2.24) is 9.80 Å². The molecule has 24 heavy (non-hydrogen) atoms. The molecule has 0 amide bonds. The highest BCUT2D eigenvalue weighted by atomic mass is 16.5. The molecule has 1 unspecified atom stereocenters. The van der Waals surface area contributed by atoms with Gasteiger partial charge >= 0.3 is 5.97 Å². The van der Waals surface area contributed by atoms with E-state index in [1.165, 1.54) is 0 Å². The molecule has 0 bridgehead atoms.